The Bertz CT molecular complexity index is 958. The maximum absolute atomic E-state index is 14.3. The summed E-state index contributed by atoms with van der Waals surface area (Å²) in [6.07, 6.45) is 5.49. The van der Waals surface area contributed by atoms with Crippen molar-refractivity contribution in [1.82, 2.24) is 4.72 Å². The minimum absolute atomic E-state index is 0.0301. The van der Waals surface area contributed by atoms with Crippen LogP contribution >= 0.6 is 11.6 Å². The molecule has 1 fully saturated rings. The Morgan fingerprint density at radius 1 is 1.04 bits per heavy atom. The zero-order valence-electron chi connectivity index (χ0n) is 15.3. The standard InChI is InChI=1S/C20H22ClFN2O3S/c21-16-9-5-6-10-18(16)23-20(25)14-11-12-17(22)19(13-14)28(26,27)24-15-7-3-1-2-4-8-15/h5-6,9-13,15,24H,1-4,7-8H2,(H,23,25). The number of rotatable bonds is 5. The fourth-order valence-corrected chi connectivity index (χ4v) is 4.88. The van der Waals surface area contributed by atoms with Crippen molar-refractivity contribution >= 4 is 33.2 Å². The monoisotopic (exact) mass is 424 g/mol. The van der Waals surface area contributed by atoms with Crippen molar-refractivity contribution in [2.45, 2.75) is 49.5 Å². The minimum Gasteiger partial charge on any atom is -0.321 e. The van der Waals surface area contributed by atoms with Crippen molar-refractivity contribution in [3.63, 3.8) is 0 Å². The lowest BCUT2D eigenvalue weighted by Crippen LogP contribution is -2.35. The van der Waals surface area contributed by atoms with E-state index in [2.05, 4.69) is 10.0 Å². The summed E-state index contributed by atoms with van der Waals surface area (Å²) >= 11 is 6.03. The van der Waals surface area contributed by atoms with Crippen LogP contribution in [0.3, 0.4) is 0 Å². The average molecular weight is 425 g/mol. The Morgan fingerprint density at radius 3 is 2.39 bits per heavy atom. The number of para-hydroxylation sites is 1. The predicted molar refractivity (Wildman–Crippen MR) is 108 cm³/mol. The summed E-state index contributed by atoms with van der Waals surface area (Å²) < 4.78 is 42.3. The quantitative estimate of drug-likeness (QED) is 0.681. The molecule has 0 saturated heterocycles. The SMILES string of the molecule is O=C(Nc1ccccc1Cl)c1ccc(F)c(S(=O)(=O)NC2CCCCCC2)c1. The molecule has 0 atom stereocenters. The van der Waals surface area contributed by atoms with Gasteiger partial charge in [0.1, 0.15) is 10.7 Å². The van der Waals surface area contributed by atoms with Crippen LogP contribution in [0.4, 0.5) is 10.1 Å². The van der Waals surface area contributed by atoms with Gasteiger partial charge in [-0.25, -0.2) is 17.5 Å². The molecule has 1 aliphatic rings. The molecular formula is C20H22ClFN2O3S. The second-order valence-corrected chi connectivity index (χ2v) is 8.98. The maximum atomic E-state index is 14.3. The minimum atomic E-state index is -4.07. The van der Waals surface area contributed by atoms with Gasteiger partial charge in [-0.3, -0.25) is 4.79 Å². The molecule has 0 aliphatic heterocycles. The average Bonchev–Trinajstić information content (AvgIpc) is 2.92. The molecule has 3 rings (SSSR count). The Hall–Kier alpha value is -1.96. The number of hydrogen-bond acceptors (Lipinski definition) is 3. The highest BCUT2D eigenvalue weighted by Gasteiger charge is 2.25. The molecule has 150 valence electrons. The molecule has 1 saturated carbocycles. The number of hydrogen-bond donors (Lipinski definition) is 2. The zero-order valence-corrected chi connectivity index (χ0v) is 16.8. The molecule has 2 aromatic carbocycles. The third-order valence-electron chi connectivity index (χ3n) is 4.78. The third kappa shape index (κ3) is 5.10. The molecule has 28 heavy (non-hydrogen) atoms. The van der Waals surface area contributed by atoms with Crippen LogP contribution in [-0.2, 0) is 10.0 Å². The molecule has 2 aromatic rings. The van der Waals surface area contributed by atoms with Crippen molar-refractivity contribution in [1.29, 1.82) is 0 Å². The lowest BCUT2D eigenvalue weighted by Gasteiger charge is -2.17. The van der Waals surface area contributed by atoms with Gasteiger partial charge in [0.15, 0.2) is 0 Å². The molecule has 0 heterocycles. The van der Waals surface area contributed by atoms with Crippen LogP contribution in [0.25, 0.3) is 0 Å². The number of nitrogens with one attached hydrogen (secondary N) is 2. The first-order valence-electron chi connectivity index (χ1n) is 9.24. The van der Waals surface area contributed by atoms with Crippen molar-refractivity contribution in [3.05, 3.63) is 58.9 Å². The first kappa shape index (κ1) is 20.8. The van der Waals surface area contributed by atoms with Crippen LogP contribution in [-0.4, -0.2) is 20.4 Å². The highest BCUT2D eigenvalue weighted by atomic mass is 35.5. The number of amides is 1. The molecule has 0 aromatic heterocycles. The van der Waals surface area contributed by atoms with Crippen LogP contribution in [0.2, 0.25) is 5.02 Å². The lowest BCUT2D eigenvalue weighted by molar-refractivity contribution is 0.102. The van der Waals surface area contributed by atoms with E-state index in [1.807, 2.05) is 0 Å². The van der Waals surface area contributed by atoms with Gasteiger partial charge in [0.05, 0.1) is 10.7 Å². The Labute approximate surface area is 169 Å². The van der Waals surface area contributed by atoms with Gasteiger partial charge in [0.2, 0.25) is 10.0 Å². The molecule has 2 N–H and O–H groups in total. The smallest absolute Gasteiger partial charge is 0.255 e. The summed E-state index contributed by atoms with van der Waals surface area (Å²) in [4.78, 5) is 12.0. The second kappa shape index (κ2) is 9.03. The predicted octanol–water partition coefficient (Wildman–Crippen LogP) is 4.73. The van der Waals surface area contributed by atoms with E-state index in [0.717, 1.165) is 50.7 Å². The van der Waals surface area contributed by atoms with Gasteiger partial charge in [-0.1, -0.05) is 49.4 Å². The molecule has 0 spiro atoms. The molecule has 0 radical (unpaired) electrons. The Morgan fingerprint density at radius 2 is 1.71 bits per heavy atom. The molecule has 1 aliphatic carbocycles. The van der Waals surface area contributed by atoms with Gasteiger partial charge in [-0.15, -0.1) is 0 Å². The normalized spacial score (nSPS) is 15.8. The summed E-state index contributed by atoms with van der Waals surface area (Å²) in [6, 6.07) is 9.74. The van der Waals surface area contributed by atoms with Crippen molar-refractivity contribution in [2.24, 2.45) is 0 Å². The van der Waals surface area contributed by atoms with Gasteiger partial charge < -0.3 is 5.32 Å². The largest absolute Gasteiger partial charge is 0.321 e. The van der Waals surface area contributed by atoms with Crippen LogP contribution in [0.15, 0.2) is 47.4 Å². The maximum Gasteiger partial charge on any atom is 0.255 e. The number of carbonyl (C=O) groups excluding carboxylic acids is 1. The third-order valence-corrected chi connectivity index (χ3v) is 6.65. The molecule has 1 amide bonds. The summed E-state index contributed by atoms with van der Waals surface area (Å²) in [6.45, 7) is 0. The van der Waals surface area contributed by atoms with Gasteiger partial charge in [0, 0.05) is 11.6 Å². The van der Waals surface area contributed by atoms with Crippen molar-refractivity contribution in [3.8, 4) is 0 Å². The second-order valence-electron chi connectivity index (χ2n) is 6.89. The summed E-state index contributed by atoms with van der Waals surface area (Å²) in [5.74, 6) is -1.46. The first-order chi connectivity index (χ1) is 13.4. The van der Waals surface area contributed by atoms with Gasteiger partial charge in [-0.05, 0) is 43.2 Å². The van der Waals surface area contributed by atoms with E-state index < -0.39 is 26.6 Å². The molecule has 0 unspecified atom stereocenters. The first-order valence-corrected chi connectivity index (χ1v) is 11.1. The van der Waals surface area contributed by atoms with Crippen molar-refractivity contribution < 1.29 is 17.6 Å². The number of carbonyl (C=O) groups is 1. The zero-order chi connectivity index (χ0) is 20.1. The van der Waals surface area contributed by atoms with E-state index >= 15 is 0 Å². The van der Waals surface area contributed by atoms with E-state index in [1.165, 1.54) is 6.07 Å². The number of benzene rings is 2. The summed E-state index contributed by atoms with van der Waals surface area (Å²) in [7, 11) is -4.07. The fourth-order valence-electron chi connectivity index (χ4n) is 3.29. The molecule has 5 nitrogen and oxygen atoms in total. The molecular weight excluding hydrogens is 403 g/mol. The topological polar surface area (TPSA) is 75.3 Å². The van der Waals surface area contributed by atoms with Gasteiger partial charge in [-0.2, -0.15) is 0 Å². The Kier molecular flexibility index (Phi) is 6.69. The highest BCUT2D eigenvalue weighted by molar-refractivity contribution is 7.89. The fraction of sp³-hybridized carbons (Fsp3) is 0.350. The van der Waals surface area contributed by atoms with E-state index in [0.29, 0.717) is 10.7 Å². The van der Waals surface area contributed by atoms with Crippen molar-refractivity contribution in [2.75, 3.05) is 5.32 Å². The molecule has 0 bridgehead atoms. The lowest BCUT2D eigenvalue weighted by atomic mass is 10.1. The van der Waals surface area contributed by atoms with Gasteiger partial charge >= 0.3 is 0 Å². The van der Waals surface area contributed by atoms with Crippen LogP contribution < -0.4 is 10.0 Å². The summed E-state index contributed by atoms with van der Waals surface area (Å²) in [5.41, 5.74) is 0.419. The summed E-state index contributed by atoms with van der Waals surface area (Å²) in [5, 5.41) is 2.95. The van der Waals surface area contributed by atoms with E-state index in [9.17, 15) is 17.6 Å². The highest BCUT2D eigenvalue weighted by Crippen LogP contribution is 2.24. The van der Waals surface area contributed by atoms with Gasteiger partial charge in [0.25, 0.3) is 5.91 Å². The van der Waals surface area contributed by atoms with Crippen LogP contribution in [0.5, 0.6) is 0 Å². The van der Waals surface area contributed by atoms with E-state index in [-0.39, 0.29) is 11.6 Å². The number of anilines is 1. The van der Waals surface area contributed by atoms with Crippen LogP contribution in [0.1, 0.15) is 48.9 Å². The number of sulfonamides is 1. The number of halogens is 2. The Balaban J connectivity index is 1.82. The molecule has 8 heteroatoms. The van der Waals surface area contributed by atoms with E-state index in [4.69, 9.17) is 11.6 Å². The van der Waals surface area contributed by atoms with Crippen LogP contribution in [0, 0.1) is 5.82 Å². The van der Waals surface area contributed by atoms with E-state index in [1.54, 1.807) is 24.3 Å².